The van der Waals surface area contributed by atoms with Crippen LogP contribution in [0.4, 0.5) is 0 Å². The van der Waals surface area contributed by atoms with Crippen molar-refractivity contribution in [2.24, 2.45) is 5.92 Å². The minimum absolute atomic E-state index is 0.0210. The molecule has 1 aromatic rings. The predicted molar refractivity (Wildman–Crippen MR) is 78.2 cm³/mol. The first-order valence-electron chi connectivity index (χ1n) is 7.69. The molecule has 0 aromatic heterocycles. The number of methoxy groups -OCH3 is 1. The molecule has 21 heavy (non-hydrogen) atoms. The van der Waals surface area contributed by atoms with Crippen LogP contribution in [0.3, 0.4) is 0 Å². The molecule has 1 aliphatic carbocycles. The van der Waals surface area contributed by atoms with E-state index in [1.807, 2.05) is 12.1 Å². The maximum atomic E-state index is 11.4. The van der Waals surface area contributed by atoms with Crippen LogP contribution in [0.1, 0.15) is 47.5 Å². The minimum atomic E-state index is -0.277. The standard InChI is InChI=1S/C17H22O4/c1-19-16(18)14-6-2-12(3-7-14)13-4-8-15(9-5-13)17-20-10-11-21-17/h2-3,6-7,13,15,17H,4-5,8-11H2,1H3/t13-,15-. The SMILES string of the molecule is COC(=O)c1ccc([C@H]2CC[C@H](C3OCCO3)CC2)cc1. The zero-order valence-electron chi connectivity index (χ0n) is 12.4. The van der Waals surface area contributed by atoms with Crippen molar-refractivity contribution < 1.29 is 19.0 Å². The van der Waals surface area contributed by atoms with Gasteiger partial charge in [0.1, 0.15) is 0 Å². The normalized spacial score (nSPS) is 26.7. The van der Waals surface area contributed by atoms with E-state index in [0.29, 0.717) is 17.4 Å². The maximum Gasteiger partial charge on any atom is 0.337 e. The van der Waals surface area contributed by atoms with Crippen molar-refractivity contribution in [2.75, 3.05) is 20.3 Å². The Morgan fingerprint density at radius 3 is 2.24 bits per heavy atom. The van der Waals surface area contributed by atoms with E-state index in [4.69, 9.17) is 14.2 Å². The Kier molecular flexibility index (Phi) is 4.56. The molecule has 1 aromatic carbocycles. The summed E-state index contributed by atoms with van der Waals surface area (Å²) in [6.07, 6.45) is 4.63. The fourth-order valence-electron chi connectivity index (χ4n) is 3.38. The third-order valence-electron chi connectivity index (χ3n) is 4.61. The Morgan fingerprint density at radius 1 is 1.05 bits per heavy atom. The van der Waals surface area contributed by atoms with Crippen molar-refractivity contribution in [3.8, 4) is 0 Å². The number of rotatable bonds is 3. The van der Waals surface area contributed by atoms with Gasteiger partial charge in [0.2, 0.25) is 0 Å². The molecule has 0 amide bonds. The lowest BCUT2D eigenvalue weighted by Crippen LogP contribution is -2.26. The smallest absolute Gasteiger partial charge is 0.337 e. The highest BCUT2D eigenvalue weighted by Gasteiger charge is 2.31. The summed E-state index contributed by atoms with van der Waals surface area (Å²) in [6.45, 7) is 1.47. The number of esters is 1. The van der Waals surface area contributed by atoms with Gasteiger partial charge in [-0.25, -0.2) is 4.79 Å². The van der Waals surface area contributed by atoms with Gasteiger partial charge >= 0.3 is 5.97 Å². The molecule has 1 heterocycles. The van der Waals surface area contributed by atoms with E-state index in [1.54, 1.807) is 0 Å². The number of hydrogen-bond acceptors (Lipinski definition) is 4. The summed E-state index contributed by atoms with van der Waals surface area (Å²) in [5, 5.41) is 0. The summed E-state index contributed by atoms with van der Waals surface area (Å²) in [5.41, 5.74) is 1.93. The van der Waals surface area contributed by atoms with Crippen LogP contribution in [0.5, 0.6) is 0 Å². The van der Waals surface area contributed by atoms with Crippen molar-refractivity contribution in [3.05, 3.63) is 35.4 Å². The Morgan fingerprint density at radius 2 is 1.67 bits per heavy atom. The number of hydrogen-bond donors (Lipinski definition) is 0. The van der Waals surface area contributed by atoms with Crippen molar-refractivity contribution in [3.63, 3.8) is 0 Å². The Balaban J connectivity index is 1.57. The molecule has 0 N–H and O–H groups in total. The first kappa shape index (κ1) is 14.5. The van der Waals surface area contributed by atoms with Gasteiger partial charge in [0.25, 0.3) is 0 Å². The third-order valence-corrected chi connectivity index (χ3v) is 4.61. The monoisotopic (exact) mass is 290 g/mol. The van der Waals surface area contributed by atoms with Gasteiger partial charge in [0.15, 0.2) is 6.29 Å². The van der Waals surface area contributed by atoms with Crippen LogP contribution in [0.15, 0.2) is 24.3 Å². The minimum Gasteiger partial charge on any atom is -0.465 e. The average Bonchev–Trinajstić information content (AvgIpc) is 3.09. The molecule has 4 nitrogen and oxygen atoms in total. The molecule has 0 bridgehead atoms. The lowest BCUT2D eigenvalue weighted by molar-refractivity contribution is -0.0931. The molecule has 2 aliphatic rings. The summed E-state index contributed by atoms with van der Waals surface area (Å²) >= 11 is 0. The summed E-state index contributed by atoms with van der Waals surface area (Å²) in [4.78, 5) is 11.4. The molecule has 1 saturated heterocycles. The topological polar surface area (TPSA) is 44.8 Å². The average molecular weight is 290 g/mol. The first-order valence-corrected chi connectivity index (χ1v) is 7.69. The largest absolute Gasteiger partial charge is 0.465 e. The fraction of sp³-hybridized carbons (Fsp3) is 0.588. The molecule has 0 spiro atoms. The Bertz CT molecular complexity index is 468. The van der Waals surface area contributed by atoms with E-state index in [9.17, 15) is 4.79 Å². The molecule has 1 saturated carbocycles. The van der Waals surface area contributed by atoms with Gasteiger partial charge in [-0.1, -0.05) is 12.1 Å². The van der Waals surface area contributed by atoms with Gasteiger partial charge in [0.05, 0.1) is 25.9 Å². The van der Waals surface area contributed by atoms with Crippen LogP contribution < -0.4 is 0 Å². The van der Waals surface area contributed by atoms with Crippen LogP contribution in [0.2, 0.25) is 0 Å². The lowest BCUT2D eigenvalue weighted by Gasteiger charge is -2.31. The van der Waals surface area contributed by atoms with E-state index >= 15 is 0 Å². The van der Waals surface area contributed by atoms with E-state index < -0.39 is 0 Å². The zero-order valence-corrected chi connectivity index (χ0v) is 12.4. The van der Waals surface area contributed by atoms with E-state index in [2.05, 4.69) is 12.1 Å². The summed E-state index contributed by atoms with van der Waals surface area (Å²) in [6, 6.07) is 7.83. The molecule has 114 valence electrons. The number of benzene rings is 1. The number of ether oxygens (including phenoxy) is 3. The predicted octanol–water partition coefficient (Wildman–Crippen LogP) is 3.12. The van der Waals surface area contributed by atoms with Gasteiger partial charge in [0, 0.05) is 5.92 Å². The summed E-state index contributed by atoms with van der Waals surface area (Å²) in [7, 11) is 1.41. The van der Waals surface area contributed by atoms with Crippen molar-refractivity contribution in [2.45, 2.75) is 37.9 Å². The third kappa shape index (κ3) is 3.27. The number of carbonyl (C=O) groups excluding carboxylic acids is 1. The van der Waals surface area contributed by atoms with Crippen LogP contribution in [0.25, 0.3) is 0 Å². The highest BCUT2D eigenvalue weighted by atomic mass is 16.7. The summed E-state index contributed by atoms with van der Waals surface area (Å²) in [5.74, 6) is 0.841. The van der Waals surface area contributed by atoms with Crippen molar-refractivity contribution >= 4 is 5.97 Å². The molecule has 3 rings (SSSR count). The second-order valence-corrected chi connectivity index (χ2v) is 5.84. The Hall–Kier alpha value is -1.39. The van der Waals surface area contributed by atoms with Gasteiger partial charge in [-0.15, -0.1) is 0 Å². The molecule has 2 fully saturated rings. The summed E-state index contributed by atoms with van der Waals surface area (Å²) < 4.78 is 16.0. The second-order valence-electron chi connectivity index (χ2n) is 5.84. The number of carbonyl (C=O) groups is 1. The van der Waals surface area contributed by atoms with E-state index in [1.165, 1.54) is 12.7 Å². The molecular weight excluding hydrogens is 268 g/mol. The Labute approximate surface area is 125 Å². The highest BCUT2D eigenvalue weighted by Crippen LogP contribution is 2.38. The van der Waals surface area contributed by atoms with Crippen molar-refractivity contribution in [1.82, 2.24) is 0 Å². The first-order chi connectivity index (χ1) is 10.3. The van der Waals surface area contributed by atoms with Crippen LogP contribution in [-0.4, -0.2) is 32.6 Å². The molecule has 4 heteroatoms. The highest BCUT2D eigenvalue weighted by molar-refractivity contribution is 5.89. The molecule has 0 atom stereocenters. The molecule has 0 radical (unpaired) electrons. The fourth-order valence-corrected chi connectivity index (χ4v) is 3.38. The van der Waals surface area contributed by atoms with Gasteiger partial charge in [-0.3, -0.25) is 0 Å². The maximum absolute atomic E-state index is 11.4. The van der Waals surface area contributed by atoms with Gasteiger partial charge in [-0.2, -0.15) is 0 Å². The molecule has 1 aliphatic heterocycles. The van der Waals surface area contributed by atoms with Crippen LogP contribution >= 0.6 is 0 Å². The molecular formula is C17H22O4. The van der Waals surface area contributed by atoms with E-state index in [0.717, 1.165) is 38.9 Å². The molecule has 0 unspecified atom stereocenters. The van der Waals surface area contributed by atoms with Gasteiger partial charge in [-0.05, 0) is 49.3 Å². The van der Waals surface area contributed by atoms with E-state index in [-0.39, 0.29) is 12.3 Å². The van der Waals surface area contributed by atoms with Crippen LogP contribution in [0, 0.1) is 5.92 Å². The van der Waals surface area contributed by atoms with Crippen molar-refractivity contribution in [1.29, 1.82) is 0 Å². The van der Waals surface area contributed by atoms with Gasteiger partial charge < -0.3 is 14.2 Å². The second kappa shape index (κ2) is 6.58. The van der Waals surface area contributed by atoms with Crippen LogP contribution in [-0.2, 0) is 14.2 Å². The lowest BCUT2D eigenvalue weighted by atomic mass is 9.78. The zero-order chi connectivity index (χ0) is 14.7. The quantitative estimate of drug-likeness (QED) is 0.802.